The van der Waals surface area contributed by atoms with Crippen molar-refractivity contribution in [3.05, 3.63) is 53.3 Å². The molecule has 0 saturated carbocycles. The Bertz CT molecular complexity index is 625. The third-order valence-electron chi connectivity index (χ3n) is 2.93. The van der Waals surface area contributed by atoms with Crippen molar-refractivity contribution in [2.45, 2.75) is 6.54 Å². The van der Waals surface area contributed by atoms with Crippen LogP contribution in [-0.2, 0) is 6.54 Å². The van der Waals surface area contributed by atoms with Crippen LogP contribution in [0.5, 0.6) is 11.5 Å². The summed E-state index contributed by atoms with van der Waals surface area (Å²) in [4.78, 5) is 0. The topological polar surface area (TPSA) is 30.5 Å². The molecule has 6 heteroatoms. The second-order valence-electron chi connectivity index (χ2n) is 4.30. The normalized spacial score (nSPS) is 10.3. The van der Waals surface area contributed by atoms with Gasteiger partial charge in [0.2, 0.25) is 0 Å². The molecule has 1 N–H and O–H groups in total. The summed E-state index contributed by atoms with van der Waals surface area (Å²) in [7, 11) is 3.03. The minimum atomic E-state index is -1.50. The summed E-state index contributed by atoms with van der Waals surface area (Å²) in [6, 6.07) is 7.17. The fourth-order valence-corrected chi connectivity index (χ4v) is 1.83. The molecule has 0 spiro atoms. The van der Waals surface area contributed by atoms with Crippen molar-refractivity contribution < 1.29 is 22.6 Å². The standard InChI is InChI=1S/C15H14F3NO2/c1-20-10-5-9(6-11(7-10)21-2)8-19-13-4-3-12(16)14(17)15(13)18/h3-7,19H,8H2,1-2H3. The van der Waals surface area contributed by atoms with Gasteiger partial charge in [0.25, 0.3) is 0 Å². The van der Waals surface area contributed by atoms with Crippen molar-refractivity contribution >= 4 is 5.69 Å². The Kier molecular flexibility index (Phi) is 4.57. The number of hydrogen-bond donors (Lipinski definition) is 1. The maximum absolute atomic E-state index is 13.5. The predicted octanol–water partition coefficient (Wildman–Crippen LogP) is 3.73. The highest BCUT2D eigenvalue weighted by Crippen LogP contribution is 2.24. The van der Waals surface area contributed by atoms with E-state index in [0.29, 0.717) is 11.5 Å². The zero-order chi connectivity index (χ0) is 15.4. The zero-order valence-electron chi connectivity index (χ0n) is 11.5. The minimum absolute atomic E-state index is 0.115. The van der Waals surface area contributed by atoms with E-state index in [4.69, 9.17) is 9.47 Å². The van der Waals surface area contributed by atoms with Crippen molar-refractivity contribution in [3.63, 3.8) is 0 Å². The van der Waals surface area contributed by atoms with Gasteiger partial charge in [-0.1, -0.05) is 0 Å². The molecule has 0 atom stereocenters. The van der Waals surface area contributed by atoms with Crippen LogP contribution in [0, 0.1) is 17.5 Å². The predicted molar refractivity (Wildman–Crippen MR) is 73.2 cm³/mol. The number of halogens is 3. The maximum Gasteiger partial charge on any atom is 0.196 e. The van der Waals surface area contributed by atoms with E-state index in [-0.39, 0.29) is 12.2 Å². The molecule has 0 aromatic heterocycles. The molecule has 0 radical (unpaired) electrons. The lowest BCUT2D eigenvalue weighted by atomic mass is 10.2. The first kappa shape index (κ1) is 15.0. The van der Waals surface area contributed by atoms with Gasteiger partial charge in [0.1, 0.15) is 11.5 Å². The van der Waals surface area contributed by atoms with Crippen LogP contribution in [0.15, 0.2) is 30.3 Å². The molecule has 0 amide bonds. The van der Waals surface area contributed by atoms with Gasteiger partial charge < -0.3 is 14.8 Å². The third-order valence-corrected chi connectivity index (χ3v) is 2.93. The van der Waals surface area contributed by atoms with Gasteiger partial charge in [-0.3, -0.25) is 0 Å². The number of ether oxygens (including phenoxy) is 2. The van der Waals surface area contributed by atoms with Crippen molar-refractivity contribution in [3.8, 4) is 11.5 Å². The average molecular weight is 297 g/mol. The van der Waals surface area contributed by atoms with Gasteiger partial charge in [-0.2, -0.15) is 0 Å². The molecule has 2 rings (SSSR count). The summed E-state index contributed by atoms with van der Waals surface area (Å²) in [6.07, 6.45) is 0. The van der Waals surface area contributed by atoms with Gasteiger partial charge in [-0.25, -0.2) is 13.2 Å². The summed E-state index contributed by atoms with van der Waals surface area (Å²) in [5, 5.41) is 2.71. The first-order chi connectivity index (χ1) is 10.0. The lowest BCUT2D eigenvalue weighted by Gasteiger charge is -2.11. The number of rotatable bonds is 5. The Labute approximate surface area is 120 Å². The van der Waals surface area contributed by atoms with E-state index in [2.05, 4.69) is 5.32 Å². The van der Waals surface area contributed by atoms with Crippen LogP contribution >= 0.6 is 0 Å². The molecule has 112 valence electrons. The fourth-order valence-electron chi connectivity index (χ4n) is 1.83. The van der Waals surface area contributed by atoms with E-state index < -0.39 is 17.5 Å². The fraction of sp³-hybridized carbons (Fsp3) is 0.200. The molecule has 2 aromatic rings. The van der Waals surface area contributed by atoms with Crippen molar-refractivity contribution in [1.82, 2.24) is 0 Å². The monoisotopic (exact) mass is 297 g/mol. The van der Waals surface area contributed by atoms with E-state index >= 15 is 0 Å². The van der Waals surface area contributed by atoms with E-state index in [0.717, 1.165) is 17.7 Å². The van der Waals surface area contributed by atoms with Crippen LogP contribution in [0.1, 0.15) is 5.56 Å². The van der Waals surface area contributed by atoms with Crippen LogP contribution in [0.4, 0.5) is 18.9 Å². The Hall–Kier alpha value is -2.37. The molecule has 0 aliphatic rings. The molecular weight excluding hydrogens is 283 g/mol. The number of anilines is 1. The molecule has 0 fully saturated rings. The summed E-state index contributed by atoms with van der Waals surface area (Å²) < 4.78 is 49.7. The van der Waals surface area contributed by atoms with Crippen LogP contribution in [0.25, 0.3) is 0 Å². The van der Waals surface area contributed by atoms with Gasteiger partial charge in [0, 0.05) is 12.6 Å². The third kappa shape index (κ3) is 3.39. The lowest BCUT2D eigenvalue weighted by molar-refractivity contribution is 0.393. The van der Waals surface area contributed by atoms with Gasteiger partial charge >= 0.3 is 0 Å². The van der Waals surface area contributed by atoms with Crippen LogP contribution in [0.3, 0.4) is 0 Å². The Morgan fingerprint density at radius 1 is 0.905 bits per heavy atom. The van der Waals surface area contributed by atoms with Crippen molar-refractivity contribution in [2.75, 3.05) is 19.5 Å². The maximum atomic E-state index is 13.5. The van der Waals surface area contributed by atoms with Crippen LogP contribution in [-0.4, -0.2) is 14.2 Å². The Balaban J connectivity index is 2.18. The van der Waals surface area contributed by atoms with E-state index in [1.165, 1.54) is 14.2 Å². The summed E-state index contributed by atoms with van der Waals surface area (Å²) in [5.41, 5.74) is 0.631. The number of methoxy groups -OCH3 is 2. The second-order valence-corrected chi connectivity index (χ2v) is 4.30. The molecular formula is C15H14F3NO2. The Morgan fingerprint density at radius 3 is 2.10 bits per heavy atom. The van der Waals surface area contributed by atoms with Gasteiger partial charge in [0.15, 0.2) is 17.5 Å². The smallest absolute Gasteiger partial charge is 0.196 e. The van der Waals surface area contributed by atoms with Crippen LogP contribution in [0.2, 0.25) is 0 Å². The van der Waals surface area contributed by atoms with Gasteiger partial charge in [-0.15, -0.1) is 0 Å². The summed E-state index contributed by atoms with van der Waals surface area (Å²) >= 11 is 0. The largest absolute Gasteiger partial charge is 0.497 e. The summed E-state index contributed by atoms with van der Waals surface area (Å²) in [6.45, 7) is 0.204. The molecule has 0 saturated heterocycles. The second kappa shape index (κ2) is 6.39. The van der Waals surface area contributed by atoms with Crippen molar-refractivity contribution in [1.29, 1.82) is 0 Å². The van der Waals surface area contributed by atoms with Crippen LogP contribution < -0.4 is 14.8 Å². The highest BCUT2D eigenvalue weighted by molar-refractivity contribution is 5.47. The highest BCUT2D eigenvalue weighted by Gasteiger charge is 2.13. The van der Waals surface area contributed by atoms with E-state index in [1.54, 1.807) is 18.2 Å². The molecule has 0 aliphatic carbocycles. The average Bonchev–Trinajstić information content (AvgIpc) is 2.51. The molecule has 0 heterocycles. The van der Waals surface area contributed by atoms with E-state index in [9.17, 15) is 13.2 Å². The minimum Gasteiger partial charge on any atom is -0.497 e. The number of benzene rings is 2. The first-order valence-corrected chi connectivity index (χ1v) is 6.14. The van der Waals surface area contributed by atoms with E-state index in [1.807, 2.05) is 0 Å². The highest BCUT2D eigenvalue weighted by atomic mass is 19.2. The number of nitrogens with one attached hydrogen (secondary N) is 1. The van der Waals surface area contributed by atoms with Gasteiger partial charge in [-0.05, 0) is 29.8 Å². The molecule has 0 aliphatic heterocycles. The molecule has 3 nitrogen and oxygen atoms in total. The van der Waals surface area contributed by atoms with Crippen molar-refractivity contribution in [2.24, 2.45) is 0 Å². The summed E-state index contributed by atoms with van der Waals surface area (Å²) in [5.74, 6) is -2.80. The lowest BCUT2D eigenvalue weighted by Crippen LogP contribution is -2.04. The molecule has 0 bridgehead atoms. The Morgan fingerprint density at radius 2 is 1.52 bits per heavy atom. The number of hydrogen-bond acceptors (Lipinski definition) is 3. The molecule has 0 unspecified atom stereocenters. The SMILES string of the molecule is COc1cc(CNc2ccc(F)c(F)c2F)cc(OC)c1. The first-order valence-electron chi connectivity index (χ1n) is 6.14. The zero-order valence-corrected chi connectivity index (χ0v) is 11.5. The van der Waals surface area contributed by atoms with Gasteiger partial charge in [0.05, 0.1) is 19.9 Å². The molecule has 21 heavy (non-hydrogen) atoms. The quantitative estimate of drug-likeness (QED) is 0.853. The molecule has 2 aromatic carbocycles.